The number of H-pyrrole nitrogens is 1. The van der Waals surface area contributed by atoms with Crippen LogP contribution in [0.2, 0.25) is 0 Å². The molecule has 0 radical (unpaired) electrons. The second-order valence-electron chi connectivity index (χ2n) is 4.02. The van der Waals surface area contributed by atoms with Crippen LogP contribution in [0.1, 0.15) is 17.0 Å². The van der Waals surface area contributed by atoms with E-state index in [-0.39, 0.29) is 5.91 Å². The zero-order valence-corrected chi connectivity index (χ0v) is 10.3. The normalized spacial score (nSPS) is 9.84. The van der Waals surface area contributed by atoms with Crippen molar-refractivity contribution < 1.29 is 4.79 Å². The third-order valence-electron chi connectivity index (χ3n) is 2.60. The van der Waals surface area contributed by atoms with Crippen LogP contribution in [0.15, 0.2) is 30.6 Å². The third-order valence-corrected chi connectivity index (χ3v) is 2.60. The molecule has 0 fully saturated rings. The van der Waals surface area contributed by atoms with E-state index >= 15 is 0 Å². The summed E-state index contributed by atoms with van der Waals surface area (Å²) in [5, 5.41) is 17.9. The lowest BCUT2D eigenvalue weighted by atomic mass is 10.1. The van der Waals surface area contributed by atoms with Crippen LogP contribution < -0.4 is 5.32 Å². The number of hydrogen-bond donors (Lipinski definition) is 2. The van der Waals surface area contributed by atoms with Crippen LogP contribution in [0.5, 0.6) is 0 Å². The summed E-state index contributed by atoms with van der Waals surface area (Å²) >= 11 is 0. The fourth-order valence-corrected chi connectivity index (χ4v) is 1.62. The molecule has 1 amide bonds. The lowest BCUT2D eigenvalue weighted by Crippen LogP contribution is -2.27. The molecule has 1 aromatic heterocycles. The maximum Gasteiger partial charge on any atom is 0.224 e. The molecular weight excluding hydrogens is 242 g/mol. The van der Waals surface area contributed by atoms with Gasteiger partial charge in [0.2, 0.25) is 5.91 Å². The van der Waals surface area contributed by atoms with Crippen LogP contribution in [-0.4, -0.2) is 27.6 Å². The molecule has 0 aliphatic carbocycles. The first-order valence-corrected chi connectivity index (χ1v) is 5.88. The van der Waals surface area contributed by atoms with E-state index in [1.165, 1.54) is 6.33 Å². The van der Waals surface area contributed by atoms with Gasteiger partial charge in [0.1, 0.15) is 12.2 Å². The number of benzene rings is 1. The quantitative estimate of drug-likeness (QED) is 0.817. The number of hydrogen-bond acceptors (Lipinski definition) is 4. The van der Waals surface area contributed by atoms with E-state index in [1.54, 1.807) is 24.3 Å². The molecule has 0 aliphatic heterocycles. The number of amides is 1. The molecule has 0 atom stereocenters. The van der Waals surface area contributed by atoms with Crippen molar-refractivity contribution in [3.05, 3.63) is 47.5 Å². The van der Waals surface area contributed by atoms with Gasteiger partial charge in [0.05, 0.1) is 18.1 Å². The molecule has 0 saturated heterocycles. The van der Waals surface area contributed by atoms with Crippen molar-refractivity contribution in [1.82, 2.24) is 20.5 Å². The first-order valence-electron chi connectivity index (χ1n) is 5.88. The molecular formula is C13H13N5O. The van der Waals surface area contributed by atoms with Gasteiger partial charge in [-0.05, 0) is 17.7 Å². The Bertz CT molecular complexity index is 568. The third kappa shape index (κ3) is 3.92. The average molecular weight is 255 g/mol. The van der Waals surface area contributed by atoms with Crippen LogP contribution in [0.25, 0.3) is 0 Å². The number of rotatable bonds is 5. The smallest absolute Gasteiger partial charge is 0.224 e. The SMILES string of the molecule is N#Cc1ccc(CC(=O)NCCc2ncn[nH]2)cc1. The van der Waals surface area contributed by atoms with E-state index in [2.05, 4.69) is 20.5 Å². The van der Waals surface area contributed by atoms with Crippen molar-refractivity contribution in [2.24, 2.45) is 0 Å². The fourth-order valence-electron chi connectivity index (χ4n) is 1.62. The van der Waals surface area contributed by atoms with E-state index in [0.29, 0.717) is 24.9 Å². The number of carbonyl (C=O) groups is 1. The number of aromatic amines is 1. The van der Waals surface area contributed by atoms with E-state index < -0.39 is 0 Å². The fraction of sp³-hybridized carbons (Fsp3) is 0.231. The van der Waals surface area contributed by atoms with Gasteiger partial charge < -0.3 is 5.32 Å². The summed E-state index contributed by atoms with van der Waals surface area (Å²) in [5.41, 5.74) is 1.48. The Morgan fingerprint density at radius 1 is 1.37 bits per heavy atom. The van der Waals surface area contributed by atoms with E-state index in [9.17, 15) is 4.79 Å². The summed E-state index contributed by atoms with van der Waals surface area (Å²) in [5.74, 6) is 0.697. The Hall–Kier alpha value is -2.68. The van der Waals surface area contributed by atoms with Gasteiger partial charge in [-0.1, -0.05) is 12.1 Å². The molecule has 2 rings (SSSR count). The Balaban J connectivity index is 1.76. The Labute approximate surface area is 110 Å². The average Bonchev–Trinajstić information content (AvgIpc) is 2.93. The zero-order valence-electron chi connectivity index (χ0n) is 10.3. The second-order valence-corrected chi connectivity index (χ2v) is 4.02. The molecule has 6 nitrogen and oxygen atoms in total. The minimum atomic E-state index is -0.0516. The number of carbonyl (C=O) groups excluding carboxylic acids is 1. The van der Waals surface area contributed by atoms with Crippen LogP contribution >= 0.6 is 0 Å². The van der Waals surface area contributed by atoms with Crippen LogP contribution in [-0.2, 0) is 17.6 Å². The molecule has 2 N–H and O–H groups in total. The summed E-state index contributed by atoms with van der Waals surface area (Å²) in [7, 11) is 0. The molecule has 0 aliphatic rings. The zero-order chi connectivity index (χ0) is 13.5. The summed E-state index contributed by atoms with van der Waals surface area (Å²) in [6, 6.07) is 9.02. The minimum absolute atomic E-state index is 0.0516. The number of nitrogens with one attached hydrogen (secondary N) is 2. The molecule has 0 saturated carbocycles. The first kappa shape index (κ1) is 12.8. The predicted octanol–water partition coefficient (Wildman–Crippen LogP) is 0.578. The van der Waals surface area contributed by atoms with Crippen LogP contribution in [0.4, 0.5) is 0 Å². The molecule has 96 valence electrons. The van der Waals surface area contributed by atoms with Crippen molar-refractivity contribution in [1.29, 1.82) is 5.26 Å². The van der Waals surface area contributed by atoms with E-state index in [1.807, 2.05) is 6.07 Å². The van der Waals surface area contributed by atoms with Gasteiger partial charge >= 0.3 is 0 Å². The lowest BCUT2D eigenvalue weighted by molar-refractivity contribution is -0.120. The van der Waals surface area contributed by atoms with Gasteiger partial charge in [-0.15, -0.1) is 0 Å². The van der Waals surface area contributed by atoms with Crippen molar-refractivity contribution in [2.45, 2.75) is 12.8 Å². The maximum absolute atomic E-state index is 11.7. The molecule has 0 spiro atoms. The van der Waals surface area contributed by atoms with E-state index in [4.69, 9.17) is 5.26 Å². The Morgan fingerprint density at radius 2 is 2.16 bits per heavy atom. The second kappa shape index (κ2) is 6.31. The highest BCUT2D eigenvalue weighted by molar-refractivity contribution is 5.78. The lowest BCUT2D eigenvalue weighted by Gasteiger charge is -2.04. The topological polar surface area (TPSA) is 94.5 Å². The van der Waals surface area contributed by atoms with Gasteiger partial charge in [0.15, 0.2) is 0 Å². The number of nitrogens with zero attached hydrogens (tertiary/aromatic N) is 3. The van der Waals surface area contributed by atoms with Gasteiger partial charge in [0, 0.05) is 13.0 Å². The molecule has 0 bridgehead atoms. The van der Waals surface area contributed by atoms with Gasteiger partial charge in [-0.2, -0.15) is 10.4 Å². The molecule has 0 unspecified atom stereocenters. The highest BCUT2D eigenvalue weighted by Crippen LogP contribution is 2.03. The summed E-state index contributed by atoms with van der Waals surface area (Å²) in [6.45, 7) is 0.518. The summed E-state index contributed by atoms with van der Waals surface area (Å²) in [6.07, 6.45) is 2.37. The minimum Gasteiger partial charge on any atom is -0.355 e. The van der Waals surface area contributed by atoms with Crippen molar-refractivity contribution in [3.63, 3.8) is 0 Å². The van der Waals surface area contributed by atoms with Crippen LogP contribution in [0.3, 0.4) is 0 Å². The molecule has 1 aromatic carbocycles. The number of aromatic nitrogens is 3. The maximum atomic E-state index is 11.7. The Morgan fingerprint density at radius 3 is 2.79 bits per heavy atom. The standard InChI is InChI=1S/C13H13N5O/c14-8-11-3-1-10(2-4-11)7-13(19)15-6-5-12-16-9-17-18-12/h1-4,9H,5-7H2,(H,15,19)(H,16,17,18). The first-order chi connectivity index (χ1) is 9.28. The highest BCUT2D eigenvalue weighted by Gasteiger charge is 2.03. The largest absolute Gasteiger partial charge is 0.355 e. The molecule has 2 aromatic rings. The van der Waals surface area contributed by atoms with Gasteiger partial charge in [0.25, 0.3) is 0 Å². The van der Waals surface area contributed by atoms with Gasteiger partial charge in [-0.3, -0.25) is 9.89 Å². The number of nitriles is 1. The van der Waals surface area contributed by atoms with E-state index in [0.717, 1.165) is 11.4 Å². The molecule has 1 heterocycles. The molecule has 6 heteroatoms. The summed E-state index contributed by atoms with van der Waals surface area (Å²) in [4.78, 5) is 15.6. The highest BCUT2D eigenvalue weighted by atomic mass is 16.1. The van der Waals surface area contributed by atoms with Crippen molar-refractivity contribution in [3.8, 4) is 6.07 Å². The van der Waals surface area contributed by atoms with Crippen molar-refractivity contribution >= 4 is 5.91 Å². The van der Waals surface area contributed by atoms with Gasteiger partial charge in [-0.25, -0.2) is 4.98 Å². The summed E-state index contributed by atoms with van der Waals surface area (Å²) < 4.78 is 0. The Kier molecular flexibility index (Phi) is 4.24. The van der Waals surface area contributed by atoms with Crippen molar-refractivity contribution in [2.75, 3.05) is 6.54 Å². The predicted molar refractivity (Wildman–Crippen MR) is 68.0 cm³/mol. The monoisotopic (exact) mass is 255 g/mol. The molecule has 19 heavy (non-hydrogen) atoms. The van der Waals surface area contributed by atoms with Crippen LogP contribution in [0, 0.1) is 11.3 Å².